The summed E-state index contributed by atoms with van der Waals surface area (Å²) in [4.78, 5) is 26.9. The second-order valence-corrected chi connectivity index (χ2v) is 6.70. The van der Waals surface area contributed by atoms with E-state index in [0.717, 1.165) is 24.2 Å². The number of nitrogens with zero attached hydrogens (tertiary/aromatic N) is 5. The SMILES string of the molecule is CCOc1cc(NC2CCN(C(=O)c3cc(-c4ccncc4)on3)CC2)ncn1. The van der Waals surface area contributed by atoms with Crippen LogP contribution in [0, 0.1) is 0 Å². The summed E-state index contributed by atoms with van der Waals surface area (Å²) in [5.74, 6) is 1.72. The molecule has 1 aliphatic rings. The number of hydrogen-bond donors (Lipinski definition) is 1. The summed E-state index contributed by atoms with van der Waals surface area (Å²) < 4.78 is 10.7. The minimum atomic E-state index is -0.117. The van der Waals surface area contributed by atoms with E-state index in [9.17, 15) is 4.79 Å². The van der Waals surface area contributed by atoms with Crippen molar-refractivity contribution in [3.05, 3.63) is 48.7 Å². The van der Waals surface area contributed by atoms with Crippen molar-refractivity contribution in [2.75, 3.05) is 25.0 Å². The van der Waals surface area contributed by atoms with Gasteiger partial charge >= 0.3 is 0 Å². The highest BCUT2D eigenvalue weighted by Gasteiger charge is 2.26. The molecule has 1 N–H and O–H groups in total. The van der Waals surface area contributed by atoms with E-state index >= 15 is 0 Å². The number of hydrogen-bond acceptors (Lipinski definition) is 8. The summed E-state index contributed by atoms with van der Waals surface area (Å²) in [6.45, 7) is 3.74. The van der Waals surface area contributed by atoms with Crippen LogP contribution in [0.5, 0.6) is 5.88 Å². The molecule has 1 aliphatic heterocycles. The van der Waals surface area contributed by atoms with E-state index < -0.39 is 0 Å². The van der Waals surface area contributed by atoms with Crippen molar-refractivity contribution in [3.63, 3.8) is 0 Å². The fourth-order valence-electron chi connectivity index (χ4n) is 3.27. The summed E-state index contributed by atoms with van der Waals surface area (Å²) in [6.07, 6.45) is 6.46. The number of rotatable bonds is 6. The molecule has 0 aromatic carbocycles. The maximum atomic E-state index is 12.8. The first kappa shape index (κ1) is 18.9. The molecule has 1 fully saturated rings. The molecule has 0 bridgehead atoms. The van der Waals surface area contributed by atoms with Gasteiger partial charge in [0.1, 0.15) is 12.1 Å². The molecule has 9 heteroatoms. The van der Waals surface area contributed by atoms with E-state index in [4.69, 9.17) is 9.26 Å². The Kier molecular flexibility index (Phi) is 5.64. The van der Waals surface area contributed by atoms with Crippen LogP contribution < -0.4 is 10.1 Å². The van der Waals surface area contributed by atoms with Crippen LogP contribution in [0.1, 0.15) is 30.3 Å². The van der Waals surface area contributed by atoms with Gasteiger partial charge in [-0.2, -0.15) is 0 Å². The Morgan fingerprint density at radius 1 is 1.24 bits per heavy atom. The number of likely N-dealkylation sites (tertiary alicyclic amines) is 1. The predicted molar refractivity (Wildman–Crippen MR) is 105 cm³/mol. The van der Waals surface area contributed by atoms with Crippen molar-refractivity contribution < 1.29 is 14.1 Å². The van der Waals surface area contributed by atoms with Gasteiger partial charge in [-0.05, 0) is 31.9 Å². The van der Waals surface area contributed by atoms with E-state index in [2.05, 4.69) is 25.4 Å². The Balaban J connectivity index is 1.33. The second kappa shape index (κ2) is 8.68. The van der Waals surface area contributed by atoms with Gasteiger partial charge in [-0.15, -0.1) is 0 Å². The molecule has 29 heavy (non-hydrogen) atoms. The number of anilines is 1. The average molecular weight is 394 g/mol. The number of ether oxygens (including phenoxy) is 1. The van der Waals surface area contributed by atoms with Gasteiger partial charge in [0.15, 0.2) is 11.5 Å². The van der Waals surface area contributed by atoms with Crippen molar-refractivity contribution in [2.24, 2.45) is 0 Å². The van der Waals surface area contributed by atoms with Gasteiger partial charge in [0.25, 0.3) is 5.91 Å². The van der Waals surface area contributed by atoms with E-state index in [1.54, 1.807) is 29.4 Å². The summed E-state index contributed by atoms with van der Waals surface area (Å²) in [5, 5.41) is 7.34. The van der Waals surface area contributed by atoms with Crippen LogP contribution in [0.15, 0.2) is 47.5 Å². The van der Waals surface area contributed by atoms with E-state index in [-0.39, 0.29) is 11.9 Å². The van der Waals surface area contributed by atoms with Crippen molar-refractivity contribution in [2.45, 2.75) is 25.8 Å². The highest BCUT2D eigenvalue weighted by atomic mass is 16.5. The molecule has 150 valence electrons. The Hall–Kier alpha value is -3.49. The van der Waals surface area contributed by atoms with Gasteiger partial charge in [-0.25, -0.2) is 9.97 Å². The lowest BCUT2D eigenvalue weighted by atomic mass is 10.0. The first-order valence-electron chi connectivity index (χ1n) is 9.60. The molecule has 0 aliphatic carbocycles. The molecular formula is C20H22N6O3. The zero-order valence-electron chi connectivity index (χ0n) is 16.1. The quantitative estimate of drug-likeness (QED) is 0.680. The van der Waals surface area contributed by atoms with Gasteiger partial charge in [0, 0.05) is 49.2 Å². The van der Waals surface area contributed by atoms with Crippen molar-refractivity contribution in [1.29, 1.82) is 0 Å². The second-order valence-electron chi connectivity index (χ2n) is 6.70. The number of amides is 1. The minimum Gasteiger partial charge on any atom is -0.478 e. The lowest BCUT2D eigenvalue weighted by Crippen LogP contribution is -2.42. The van der Waals surface area contributed by atoms with Crippen molar-refractivity contribution in [3.8, 4) is 17.2 Å². The molecule has 9 nitrogen and oxygen atoms in total. The lowest BCUT2D eigenvalue weighted by molar-refractivity contribution is 0.0708. The van der Waals surface area contributed by atoms with Crippen molar-refractivity contribution >= 4 is 11.7 Å². The molecule has 0 atom stereocenters. The zero-order chi connectivity index (χ0) is 20.1. The Bertz CT molecular complexity index is 954. The highest BCUT2D eigenvalue weighted by Crippen LogP contribution is 2.22. The standard InChI is InChI=1S/C20H22N6O3/c1-2-28-19-12-18(22-13-23-19)24-15-5-9-26(10-6-15)20(27)16-11-17(29-25-16)14-3-7-21-8-4-14/h3-4,7-8,11-13,15H,2,5-6,9-10H2,1H3,(H,22,23,24). The summed E-state index contributed by atoms with van der Waals surface area (Å²) in [5.41, 5.74) is 1.16. The number of pyridine rings is 1. The molecular weight excluding hydrogens is 372 g/mol. The summed E-state index contributed by atoms with van der Waals surface area (Å²) in [6, 6.07) is 7.33. The van der Waals surface area contributed by atoms with Crippen molar-refractivity contribution in [1.82, 2.24) is 25.0 Å². The maximum absolute atomic E-state index is 12.8. The molecule has 0 saturated carbocycles. The van der Waals surface area contributed by atoms with E-state index in [0.29, 0.717) is 37.0 Å². The minimum absolute atomic E-state index is 0.117. The first-order valence-corrected chi connectivity index (χ1v) is 9.60. The lowest BCUT2D eigenvalue weighted by Gasteiger charge is -2.32. The van der Waals surface area contributed by atoms with Gasteiger partial charge < -0.3 is 19.5 Å². The van der Waals surface area contributed by atoms with E-state index in [1.807, 2.05) is 19.1 Å². The molecule has 4 rings (SSSR count). The van der Waals surface area contributed by atoms with Crippen LogP contribution in [-0.4, -0.2) is 56.7 Å². The van der Waals surface area contributed by atoms with Gasteiger partial charge in [0.05, 0.1) is 6.61 Å². The average Bonchev–Trinajstić information content (AvgIpc) is 3.25. The Labute approximate surface area is 168 Å². The normalized spacial score (nSPS) is 14.6. The van der Waals surface area contributed by atoms with Crippen LogP contribution in [0.3, 0.4) is 0 Å². The fraction of sp³-hybridized carbons (Fsp3) is 0.350. The topological polar surface area (TPSA) is 106 Å². The zero-order valence-corrected chi connectivity index (χ0v) is 16.1. The molecule has 3 aromatic heterocycles. The van der Waals surface area contributed by atoms with E-state index in [1.165, 1.54) is 6.33 Å². The monoisotopic (exact) mass is 394 g/mol. The van der Waals surface area contributed by atoms with Gasteiger partial charge in [0.2, 0.25) is 5.88 Å². The third-order valence-corrected chi connectivity index (χ3v) is 4.76. The summed E-state index contributed by atoms with van der Waals surface area (Å²) >= 11 is 0. The van der Waals surface area contributed by atoms with Crippen LogP contribution in [0.2, 0.25) is 0 Å². The number of piperidine rings is 1. The van der Waals surface area contributed by atoms with Crippen LogP contribution in [0.25, 0.3) is 11.3 Å². The number of carbonyl (C=O) groups is 1. The number of aromatic nitrogens is 4. The molecule has 1 amide bonds. The summed E-state index contributed by atoms with van der Waals surface area (Å²) in [7, 11) is 0. The third-order valence-electron chi connectivity index (χ3n) is 4.76. The molecule has 0 radical (unpaired) electrons. The smallest absolute Gasteiger partial charge is 0.276 e. The first-order chi connectivity index (χ1) is 14.2. The maximum Gasteiger partial charge on any atom is 0.276 e. The number of nitrogens with one attached hydrogen (secondary N) is 1. The Morgan fingerprint density at radius 3 is 2.79 bits per heavy atom. The number of carbonyl (C=O) groups excluding carboxylic acids is 1. The van der Waals surface area contributed by atoms with Gasteiger partial charge in [-0.1, -0.05) is 5.16 Å². The third kappa shape index (κ3) is 4.50. The molecule has 0 spiro atoms. The van der Waals surface area contributed by atoms with Gasteiger partial charge in [-0.3, -0.25) is 9.78 Å². The van der Waals surface area contributed by atoms with Crippen LogP contribution in [-0.2, 0) is 0 Å². The molecule has 1 saturated heterocycles. The van der Waals surface area contributed by atoms with Crippen LogP contribution in [0.4, 0.5) is 5.82 Å². The molecule has 3 aromatic rings. The molecule has 0 unspecified atom stereocenters. The largest absolute Gasteiger partial charge is 0.478 e. The Morgan fingerprint density at radius 2 is 2.03 bits per heavy atom. The molecule has 4 heterocycles. The fourth-order valence-corrected chi connectivity index (χ4v) is 3.27. The highest BCUT2D eigenvalue weighted by molar-refractivity contribution is 5.93. The van der Waals surface area contributed by atoms with Crippen LogP contribution >= 0.6 is 0 Å². The predicted octanol–water partition coefficient (Wildman–Crippen LogP) is 2.64.